The lowest BCUT2D eigenvalue weighted by molar-refractivity contribution is -0.125. The van der Waals surface area contributed by atoms with Crippen molar-refractivity contribution >= 4 is 17.6 Å². The molecular formula is C24H23NO4. The molecule has 1 atom stereocenters. The second kappa shape index (κ2) is 9.55. The van der Waals surface area contributed by atoms with E-state index in [2.05, 4.69) is 5.32 Å². The third kappa shape index (κ3) is 5.23. The van der Waals surface area contributed by atoms with Gasteiger partial charge in [-0.2, -0.15) is 0 Å². The normalized spacial score (nSPS) is 11.4. The Morgan fingerprint density at radius 3 is 2.24 bits per heavy atom. The van der Waals surface area contributed by atoms with Crippen molar-refractivity contribution in [2.45, 2.75) is 20.0 Å². The molecule has 0 heterocycles. The molecule has 1 N–H and O–H groups in total. The topological polar surface area (TPSA) is 64.6 Å². The molecule has 0 saturated carbocycles. The Balaban J connectivity index is 1.85. The first-order valence-electron chi connectivity index (χ1n) is 9.43. The third-order valence-corrected chi connectivity index (χ3v) is 4.30. The number of carbonyl (C=O) groups excluding carboxylic acids is 2. The van der Waals surface area contributed by atoms with Crippen LogP contribution in [-0.4, -0.2) is 18.5 Å². The zero-order valence-corrected chi connectivity index (χ0v) is 16.4. The molecule has 0 bridgehead atoms. The Hall–Kier alpha value is -3.60. The Bertz CT molecular complexity index is 968. The summed E-state index contributed by atoms with van der Waals surface area (Å²) in [6, 6.07) is 23.1. The van der Waals surface area contributed by atoms with Crippen molar-refractivity contribution in [1.82, 2.24) is 0 Å². The summed E-state index contributed by atoms with van der Waals surface area (Å²) in [6.07, 6.45) is -1.10. The molecule has 29 heavy (non-hydrogen) atoms. The van der Waals surface area contributed by atoms with Crippen molar-refractivity contribution in [2.24, 2.45) is 0 Å². The zero-order chi connectivity index (χ0) is 20.6. The summed E-state index contributed by atoms with van der Waals surface area (Å²) < 4.78 is 11.2. The quantitative estimate of drug-likeness (QED) is 0.582. The summed E-state index contributed by atoms with van der Waals surface area (Å²) in [5.41, 5.74) is 2.52. The van der Waals surface area contributed by atoms with Crippen LogP contribution in [0.25, 0.3) is 0 Å². The van der Waals surface area contributed by atoms with Crippen LogP contribution < -0.4 is 10.1 Å². The smallest absolute Gasteiger partial charge is 0.339 e. The lowest BCUT2D eigenvalue weighted by Crippen LogP contribution is -2.26. The zero-order valence-electron chi connectivity index (χ0n) is 16.4. The van der Waals surface area contributed by atoms with Gasteiger partial charge in [0.15, 0.2) is 0 Å². The molecule has 3 rings (SSSR count). The molecule has 0 radical (unpaired) electrons. The number of rotatable bonds is 7. The van der Waals surface area contributed by atoms with E-state index in [1.54, 1.807) is 54.6 Å². The van der Waals surface area contributed by atoms with Gasteiger partial charge in [0.05, 0.1) is 17.9 Å². The number of amides is 1. The van der Waals surface area contributed by atoms with Crippen molar-refractivity contribution in [2.75, 3.05) is 11.9 Å². The van der Waals surface area contributed by atoms with E-state index in [1.165, 1.54) is 0 Å². The molecule has 0 saturated heterocycles. The van der Waals surface area contributed by atoms with Gasteiger partial charge in [-0.1, -0.05) is 60.2 Å². The van der Waals surface area contributed by atoms with E-state index in [9.17, 15) is 9.59 Å². The van der Waals surface area contributed by atoms with Gasteiger partial charge in [-0.05, 0) is 38.1 Å². The monoisotopic (exact) mass is 389 g/mol. The average Bonchev–Trinajstić information content (AvgIpc) is 2.74. The summed E-state index contributed by atoms with van der Waals surface area (Å²) in [4.78, 5) is 25.7. The minimum Gasteiger partial charge on any atom is -0.492 e. The number of hydrogen-bond donors (Lipinski definition) is 1. The van der Waals surface area contributed by atoms with Gasteiger partial charge in [-0.25, -0.2) is 4.79 Å². The van der Waals surface area contributed by atoms with Gasteiger partial charge in [0.25, 0.3) is 5.91 Å². The number of hydrogen-bond acceptors (Lipinski definition) is 4. The Kier molecular flexibility index (Phi) is 6.63. The molecule has 0 fully saturated rings. The van der Waals surface area contributed by atoms with Crippen LogP contribution in [0.4, 0.5) is 5.69 Å². The van der Waals surface area contributed by atoms with Gasteiger partial charge in [0.2, 0.25) is 6.10 Å². The second-order valence-corrected chi connectivity index (χ2v) is 6.48. The Morgan fingerprint density at radius 2 is 1.55 bits per heavy atom. The van der Waals surface area contributed by atoms with E-state index in [0.717, 1.165) is 5.56 Å². The number of carbonyl (C=O) groups is 2. The summed E-state index contributed by atoms with van der Waals surface area (Å²) in [7, 11) is 0. The SMILES string of the molecule is CCOc1ccccc1NC(=O)[C@@H](OC(=O)c1ccc(C)cc1)c1ccccc1. The van der Waals surface area contributed by atoms with Crippen LogP contribution >= 0.6 is 0 Å². The number of aryl methyl sites for hydroxylation is 1. The predicted octanol–water partition coefficient (Wildman–Crippen LogP) is 4.93. The predicted molar refractivity (Wildman–Crippen MR) is 112 cm³/mol. The number of para-hydroxylation sites is 2. The van der Waals surface area contributed by atoms with Crippen molar-refractivity contribution in [3.63, 3.8) is 0 Å². The van der Waals surface area contributed by atoms with Crippen molar-refractivity contribution in [3.05, 3.63) is 95.6 Å². The van der Waals surface area contributed by atoms with E-state index < -0.39 is 18.0 Å². The maximum atomic E-state index is 13.0. The molecule has 3 aromatic rings. The first kappa shape index (κ1) is 20.1. The highest BCUT2D eigenvalue weighted by Crippen LogP contribution is 2.27. The molecule has 5 nitrogen and oxygen atoms in total. The molecule has 0 aliphatic rings. The molecule has 5 heteroatoms. The minimum absolute atomic E-state index is 0.388. The molecule has 0 aliphatic carbocycles. The maximum Gasteiger partial charge on any atom is 0.339 e. The summed E-state index contributed by atoms with van der Waals surface area (Å²) in [6.45, 7) is 4.28. The standard InChI is InChI=1S/C24H23NO4/c1-3-28-21-12-8-7-11-20(21)25-23(26)22(18-9-5-4-6-10-18)29-24(27)19-15-13-17(2)14-16-19/h4-16,22H,3H2,1-2H3,(H,25,26)/t22-/m0/s1. The lowest BCUT2D eigenvalue weighted by Gasteiger charge is -2.19. The van der Waals surface area contributed by atoms with E-state index in [4.69, 9.17) is 9.47 Å². The van der Waals surface area contributed by atoms with E-state index in [1.807, 2.05) is 38.1 Å². The second-order valence-electron chi connectivity index (χ2n) is 6.48. The lowest BCUT2D eigenvalue weighted by atomic mass is 10.1. The Morgan fingerprint density at radius 1 is 0.897 bits per heavy atom. The first-order chi connectivity index (χ1) is 14.1. The van der Waals surface area contributed by atoms with Crippen LogP contribution in [0.3, 0.4) is 0 Å². The van der Waals surface area contributed by atoms with Crippen LogP contribution in [-0.2, 0) is 9.53 Å². The summed E-state index contributed by atoms with van der Waals surface area (Å²) in [5.74, 6) is -0.462. The molecular weight excluding hydrogens is 366 g/mol. The summed E-state index contributed by atoms with van der Waals surface area (Å²) >= 11 is 0. The van der Waals surface area contributed by atoms with Crippen LogP contribution in [0.15, 0.2) is 78.9 Å². The number of benzene rings is 3. The number of esters is 1. The largest absolute Gasteiger partial charge is 0.492 e. The molecule has 0 aromatic heterocycles. The fraction of sp³-hybridized carbons (Fsp3) is 0.167. The fourth-order valence-electron chi connectivity index (χ4n) is 2.82. The molecule has 0 unspecified atom stereocenters. The van der Waals surface area contributed by atoms with Gasteiger partial charge in [0, 0.05) is 5.56 Å². The highest BCUT2D eigenvalue weighted by Gasteiger charge is 2.26. The maximum absolute atomic E-state index is 13.0. The summed E-state index contributed by atoms with van der Waals surface area (Å²) in [5, 5.41) is 2.82. The third-order valence-electron chi connectivity index (χ3n) is 4.30. The van der Waals surface area contributed by atoms with E-state index >= 15 is 0 Å². The van der Waals surface area contributed by atoms with Crippen molar-refractivity contribution in [3.8, 4) is 5.75 Å². The Labute approximate surface area is 170 Å². The average molecular weight is 389 g/mol. The van der Waals surface area contributed by atoms with Gasteiger partial charge >= 0.3 is 5.97 Å². The van der Waals surface area contributed by atoms with Crippen LogP contribution in [0, 0.1) is 6.92 Å². The van der Waals surface area contributed by atoms with Crippen molar-refractivity contribution < 1.29 is 19.1 Å². The minimum atomic E-state index is -1.10. The molecule has 0 aliphatic heterocycles. The molecule has 1 amide bonds. The molecule has 0 spiro atoms. The fourth-order valence-corrected chi connectivity index (χ4v) is 2.82. The molecule has 3 aromatic carbocycles. The van der Waals surface area contributed by atoms with Crippen LogP contribution in [0.2, 0.25) is 0 Å². The van der Waals surface area contributed by atoms with Crippen LogP contribution in [0.1, 0.15) is 34.5 Å². The van der Waals surface area contributed by atoms with Gasteiger partial charge in [0.1, 0.15) is 5.75 Å². The van der Waals surface area contributed by atoms with Crippen LogP contribution in [0.5, 0.6) is 5.75 Å². The van der Waals surface area contributed by atoms with Gasteiger partial charge in [-0.3, -0.25) is 4.79 Å². The van der Waals surface area contributed by atoms with E-state index in [-0.39, 0.29) is 0 Å². The number of anilines is 1. The number of ether oxygens (including phenoxy) is 2. The van der Waals surface area contributed by atoms with Crippen molar-refractivity contribution in [1.29, 1.82) is 0 Å². The molecule has 148 valence electrons. The van der Waals surface area contributed by atoms with Gasteiger partial charge < -0.3 is 14.8 Å². The first-order valence-corrected chi connectivity index (χ1v) is 9.43. The highest BCUT2D eigenvalue weighted by molar-refractivity contribution is 5.99. The van der Waals surface area contributed by atoms with E-state index in [0.29, 0.717) is 29.2 Å². The van der Waals surface area contributed by atoms with Gasteiger partial charge in [-0.15, -0.1) is 0 Å². The highest BCUT2D eigenvalue weighted by atomic mass is 16.5. The number of nitrogens with one attached hydrogen (secondary N) is 1.